The molecule has 0 aliphatic heterocycles. The van der Waals surface area contributed by atoms with E-state index in [2.05, 4.69) is 5.32 Å². The number of nitrogens with one attached hydrogen (secondary N) is 1. The Morgan fingerprint density at radius 1 is 0.938 bits per heavy atom. The Kier molecular flexibility index (Phi) is 5.10. The van der Waals surface area contributed by atoms with E-state index in [9.17, 15) is 26.3 Å². The first kappa shape index (κ1) is 15.5. The lowest BCUT2D eigenvalue weighted by atomic mass is 9.89. The molecule has 0 amide bonds. The fourth-order valence-electron chi connectivity index (χ4n) is 1.57. The molecule has 1 N–H and O–H groups in total. The van der Waals surface area contributed by atoms with Crippen molar-refractivity contribution in [3.8, 4) is 0 Å². The van der Waals surface area contributed by atoms with Gasteiger partial charge in [-0.2, -0.15) is 26.3 Å². The van der Waals surface area contributed by atoms with Gasteiger partial charge in [-0.15, -0.1) is 0 Å². The molecule has 98 valence electrons. The zero-order valence-corrected chi connectivity index (χ0v) is 9.21. The highest BCUT2D eigenvalue weighted by atomic mass is 19.4. The molecule has 0 aromatic heterocycles. The van der Waals surface area contributed by atoms with Gasteiger partial charge in [0.05, 0.1) is 0 Å². The molecule has 0 aromatic rings. The molecule has 0 saturated carbocycles. The highest BCUT2D eigenvalue weighted by Crippen LogP contribution is 2.42. The minimum absolute atomic E-state index is 0.0610. The van der Waals surface area contributed by atoms with Crippen molar-refractivity contribution in [3.63, 3.8) is 0 Å². The van der Waals surface area contributed by atoms with Gasteiger partial charge in [0.1, 0.15) is 0 Å². The van der Waals surface area contributed by atoms with Gasteiger partial charge in [0.25, 0.3) is 0 Å². The maximum atomic E-state index is 12.4. The standard InChI is InChI=1S/C9H15F6N/c1-4-16-6(5(2)3)7(8(10,11)12)9(13,14)15/h5-7,16H,4H2,1-3H3. The summed E-state index contributed by atoms with van der Waals surface area (Å²) in [5.41, 5.74) is 0. The van der Waals surface area contributed by atoms with E-state index >= 15 is 0 Å². The minimum atomic E-state index is -5.28. The highest BCUT2D eigenvalue weighted by molar-refractivity contribution is 4.88. The van der Waals surface area contributed by atoms with Crippen molar-refractivity contribution < 1.29 is 26.3 Å². The van der Waals surface area contributed by atoms with E-state index < -0.39 is 30.2 Å². The lowest BCUT2D eigenvalue weighted by Crippen LogP contribution is -2.53. The molecule has 0 radical (unpaired) electrons. The second kappa shape index (κ2) is 5.25. The van der Waals surface area contributed by atoms with Gasteiger partial charge < -0.3 is 5.32 Å². The zero-order chi connectivity index (χ0) is 13.1. The van der Waals surface area contributed by atoms with E-state index in [1.54, 1.807) is 0 Å². The first-order valence-corrected chi connectivity index (χ1v) is 4.88. The molecule has 1 unspecified atom stereocenters. The number of halogens is 6. The normalized spacial score (nSPS) is 15.9. The summed E-state index contributed by atoms with van der Waals surface area (Å²) in [4.78, 5) is 0. The molecule has 0 bridgehead atoms. The van der Waals surface area contributed by atoms with Crippen LogP contribution < -0.4 is 5.32 Å². The number of alkyl halides is 6. The monoisotopic (exact) mass is 251 g/mol. The largest absolute Gasteiger partial charge is 0.402 e. The minimum Gasteiger partial charge on any atom is -0.313 e. The van der Waals surface area contributed by atoms with E-state index in [-0.39, 0.29) is 6.54 Å². The van der Waals surface area contributed by atoms with Crippen molar-refractivity contribution in [2.24, 2.45) is 11.8 Å². The third-order valence-electron chi connectivity index (χ3n) is 2.22. The molecule has 1 atom stereocenters. The second-order valence-electron chi connectivity index (χ2n) is 3.89. The van der Waals surface area contributed by atoms with Crippen LogP contribution in [0.15, 0.2) is 0 Å². The van der Waals surface area contributed by atoms with Crippen molar-refractivity contribution in [1.82, 2.24) is 5.32 Å². The fourth-order valence-corrected chi connectivity index (χ4v) is 1.57. The van der Waals surface area contributed by atoms with Crippen LogP contribution in [0, 0.1) is 11.8 Å². The molecule has 0 rings (SSSR count). The van der Waals surface area contributed by atoms with Gasteiger partial charge in [0.15, 0.2) is 5.92 Å². The van der Waals surface area contributed by atoms with Gasteiger partial charge in [-0.3, -0.25) is 0 Å². The third-order valence-corrected chi connectivity index (χ3v) is 2.22. The van der Waals surface area contributed by atoms with Gasteiger partial charge >= 0.3 is 12.4 Å². The van der Waals surface area contributed by atoms with Gasteiger partial charge in [-0.05, 0) is 12.5 Å². The maximum absolute atomic E-state index is 12.4. The van der Waals surface area contributed by atoms with Gasteiger partial charge in [0.2, 0.25) is 0 Å². The Morgan fingerprint density at radius 3 is 1.50 bits per heavy atom. The zero-order valence-electron chi connectivity index (χ0n) is 9.21. The predicted molar refractivity (Wildman–Crippen MR) is 47.9 cm³/mol. The van der Waals surface area contributed by atoms with Crippen molar-refractivity contribution in [2.45, 2.75) is 39.2 Å². The van der Waals surface area contributed by atoms with Crippen LogP contribution >= 0.6 is 0 Å². The van der Waals surface area contributed by atoms with Crippen LogP contribution in [0.3, 0.4) is 0 Å². The summed E-state index contributed by atoms with van der Waals surface area (Å²) in [5, 5.41) is 2.26. The second-order valence-corrected chi connectivity index (χ2v) is 3.89. The smallest absolute Gasteiger partial charge is 0.313 e. The Bertz CT molecular complexity index is 193. The first-order chi connectivity index (χ1) is 7.01. The Labute approximate surface area is 90.2 Å². The highest BCUT2D eigenvalue weighted by Gasteiger charge is 2.60. The summed E-state index contributed by atoms with van der Waals surface area (Å²) < 4.78 is 74.3. The molecular weight excluding hydrogens is 236 g/mol. The van der Waals surface area contributed by atoms with Crippen LogP contribution in [-0.2, 0) is 0 Å². The molecule has 0 saturated heterocycles. The summed E-state index contributed by atoms with van der Waals surface area (Å²) in [7, 11) is 0. The molecule has 1 nitrogen and oxygen atoms in total. The molecule has 16 heavy (non-hydrogen) atoms. The summed E-state index contributed by atoms with van der Waals surface area (Å²) in [6.07, 6.45) is -10.6. The van der Waals surface area contributed by atoms with Crippen molar-refractivity contribution in [2.75, 3.05) is 6.54 Å². The first-order valence-electron chi connectivity index (χ1n) is 4.88. The van der Waals surface area contributed by atoms with E-state index in [4.69, 9.17) is 0 Å². The molecule has 0 aliphatic rings. The van der Waals surface area contributed by atoms with E-state index in [0.717, 1.165) is 0 Å². The van der Waals surface area contributed by atoms with Gasteiger partial charge in [-0.25, -0.2) is 0 Å². The van der Waals surface area contributed by atoms with E-state index in [0.29, 0.717) is 0 Å². The van der Waals surface area contributed by atoms with Gasteiger partial charge in [0, 0.05) is 6.04 Å². The van der Waals surface area contributed by atoms with Crippen molar-refractivity contribution in [1.29, 1.82) is 0 Å². The Balaban J connectivity index is 5.14. The lowest BCUT2D eigenvalue weighted by molar-refractivity contribution is -0.294. The fraction of sp³-hybridized carbons (Fsp3) is 1.00. The van der Waals surface area contributed by atoms with E-state index in [1.165, 1.54) is 20.8 Å². The summed E-state index contributed by atoms with van der Waals surface area (Å²) >= 11 is 0. The number of hydrogen-bond acceptors (Lipinski definition) is 1. The van der Waals surface area contributed by atoms with Crippen LogP contribution in [0.25, 0.3) is 0 Å². The van der Waals surface area contributed by atoms with Crippen LogP contribution in [0.5, 0.6) is 0 Å². The third kappa shape index (κ3) is 4.19. The topological polar surface area (TPSA) is 12.0 Å². The Hall–Kier alpha value is -0.460. The van der Waals surface area contributed by atoms with Crippen LogP contribution in [0.1, 0.15) is 20.8 Å². The summed E-state index contributed by atoms with van der Waals surface area (Å²) in [6.45, 7) is 4.19. The SMILES string of the molecule is CCNC(C(C)C)C(C(F)(F)F)C(F)(F)F. The van der Waals surface area contributed by atoms with Crippen LogP contribution in [0.2, 0.25) is 0 Å². The molecule has 0 fully saturated rings. The molecule has 7 heteroatoms. The molecule has 0 aliphatic carbocycles. The molecule has 0 spiro atoms. The van der Waals surface area contributed by atoms with Crippen LogP contribution in [0.4, 0.5) is 26.3 Å². The summed E-state index contributed by atoms with van der Waals surface area (Å²) in [6, 6.07) is -1.65. The average molecular weight is 251 g/mol. The predicted octanol–water partition coefficient (Wildman–Crippen LogP) is 3.36. The summed E-state index contributed by atoms with van der Waals surface area (Å²) in [5.74, 6) is -4.08. The number of hydrogen-bond donors (Lipinski definition) is 1. The van der Waals surface area contributed by atoms with Crippen molar-refractivity contribution in [3.05, 3.63) is 0 Å². The van der Waals surface area contributed by atoms with Crippen molar-refractivity contribution >= 4 is 0 Å². The lowest BCUT2D eigenvalue weighted by Gasteiger charge is -2.33. The quantitative estimate of drug-likeness (QED) is 0.755. The molecule has 0 heterocycles. The van der Waals surface area contributed by atoms with Gasteiger partial charge in [-0.1, -0.05) is 20.8 Å². The molecular formula is C9H15F6N. The Morgan fingerprint density at radius 2 is 1.31 bits per heavy atom. The molecule has 0 aromatic carbocycles. The average Bonchev–Trinajstić information content (AvgIpc) is 1.97. The van der Waals surface area contributed by atoms with E-state index in [1.807, 2.05) is 0 Å². The number of rotatable bonds is 4. The maximum Gasteiger partial charge on any atom is 0.402 e. The van der Waals surface area contributed by atoms with Crippen LogP contribution in [-0.4, -0.2) is 24.9 Å².